The van der Waals surface area contributed by atoms with Crippen LogP contribution in [-0.2, 0) is 0 Å². The Morgan fingerprint density at radius 2 is 1.75 bits per heavy atom. The molecule has 0 spiro atoms. The molecule has 0 unspecified atom stereocenters. The van der Waals surface area contributed by atoms with Crippen LogP contribution in [0.4, 0.5) is 0 Å². The number of nitrogens with one attached hydrogen (secondary N) is 2. The largest absolute Gasteiger partial charge is 0.388 e. The molecule has 0 heterocycles. The molecule has 0 aliphatic heterocycles. The molecule has 2 saturated carbocycles. The number of rotatable bonds is 6. The number of hydrogen-bond acceptors (Lipinski definition) is 2. The summed E-state index contributed by atoms with van der Waals surface area (Å²) >= 11 is 0. The van der Waals surface area contributed by atoms with E-state index in [2.05, 4.69) is 24.5 Å². The van der Waals surface area contributed by atoms with Gasteiger partial charge in [0, 0.05) is 19.6 Å². The third-order valence-electron chi connectivity index (χ3n) is 5.20. The van der Waals surface area contributed by atoms with E-state index in [0.717, 1.165) is 38.3 Å². The van der Waals surface area contributed by atoms with Crippen molar-refractivity contribution >= 4 is 5.96 Å². The quantitative estimate of drug-likeness (QED) is 0.518. The summed E-state index contributed by atoms with van der Waals surface area (Å²) in [4.78, 5) is 4.78. The molecule has 0 aromatic heterocycles. The van der Waals surface area contributed by atoms with Crippen LogP contribution in [0.25, 0.3) is 0 Å². The Balaban J connectivity index is 1.87. The van der Waals surface area contributed by atoms with E-state index in [0.29, 0.717) is 12.0 Å². The third kappa shape index (κ3) is 3.87. The number of aliphatic hydroxyl groups is 1. The van der Waals surface area contributed by atoms with Gasteiger partial charge in [-0.3, -0.25) is 4.99 Å². The fourth-order valence-electron chi connectivity index (χ4n) is 3.35. The Kier molecular flexibility index (Phi) is 5.30. The molecule has 116 valence electrons. The highest BCUT2D eigenvalue weighted by Crippen LogP contribution is 2.41. The van der Waals surface area contributed by atoms with Crippen molar-refractivity contribution in [3.05, 3.63) is 0 Å². The summed E-state index contributed by atoms with van der Waals surface area (Å²) in [6.45, 7) is 6.78. The Morgan fingerprint density at radius 3 is 2.25 bits per heavy atom. The van der Waals surface area contributed by atoms with Crippen LogP contribution in [0, 0.1) is 5.41 Å². The zero-order valence-electron chi connectivity index (χ0n) is 13.2. The van der Waals surface area contributed by atoms with E-state index in [9.17, 15) is 5.11 Å². The zero-order valence-corrected chi connectivity index (χ0v) is 13.2. The van der Waals surface area contributed by atoms with E-state index in [1.54, 1.807) is 0 Å². The second kappa shape index (κ2) is 6.79. The average molecular weight is 281 g/mol. The molecule has 0 saturated heterocycles. The van der Waals surface area contributed by atoms with Gasteiger partial charge in [-0.05, 0) is 50.9 Å². The predicted octanol–water partition coefficient (Wildman–Crippen LogP) is 2.43. The van der Waals surface area contributed by atoms with E-state index in [1.807, 2.05) is 0 Å². The highest BCUT2D eigenvalue weighted by Gasteiger charge is 2.34. The molecular weight excluding hydrogens is 250 g/mol. The normalized spacial score (nSPS) is 24.2. The van der Waals surface area contributed by atoms with Gasteiger partial charge < -0.3 is 15.7 Å². The molecule has 0 radical (unpaired) electrons. The van der Waals surface area contributed by atoms with Crippen LogP contribution in [0.2, 0.25) is 0 Å². The van der Waals surface area contributed by atoms with Gasteiger partial charge in [0.15, 0.2) is 5.96 Å². The minimum absolute atomic E-state index is 0.426. The molecule has 4 heteroatoms. The lowest BCUT2D eigenvalue weighted by Crippen LogP contribution is -2.50. The topological polar surface area (TPSA) is 56.7 Å². The predicted molar refractivity (Wildman–Crippen MR) is 84.0 cm³/mol. The van der Waals surface area contributed by atoms with E-state index < -0.39 is 5.60 Å². The number of nitrogens with zero attached hydrogens (tertiary/aromatic N) is 1. The van der Waals surface area contributed by atoms with E-state index >= 15 is 0 Å². The number of hydrogen-bond donors (Lipinski definition) is 3. The molecule has 2 aliphatic carbocycles. The van der Waals surface area contributed by atoms with Crippen molar-refractivity contribution in [2.24, 2.45) is 10.4 Å². The first kappa shape index (κ1) is 15.6. The van der Waals surface area contributed by atoms with Gasteiger partial charge in [0.05, 0.1) is 5.60 Å². The molecule has 2 aliphatic rings. The first-order valence-corrected chi connectivity index (χ1v) is 8.36. The van der Waals surface area contributed by atoms with Gasteiger partial charge >= 0.3 is 0 Å². The fraction of sp³-hybridized carbons (Fsp3) is 0.938. The fourth-order valence-corrected chi connectivity index (χ4v) is 3.35. The van der Waals surface area contributed by atoms with Crippen LogP contribution in [0.1, 0.15) is 65.2 Å². The molecule has 0 amide bonds. The Labute approximate surface area is 123 Å². The van der Waals surface area contributed by atoms with Gasteiger partial charge in [-0.15, -0.1) is 0 Å². The highest BCUT2D eigenvalue weighted by atomic mass is 16.3. The van der Waals surface area contributed by atoms with Crippen LogP contribution in [0.5, 0.6) is 0 Å². The summed E-state index contributed by atoms with van der Waals surface area (Å²) in [7, 11) is 0. The van der Waals surface area contributed by atoms with Crippen molar-refractivity contribution in [1.82, 2.24) is 10.6 Å². The standard InChI is InChI=1S/C16H31N3O/c1-3-15(8-5-6-9-15)12-18-14(17-4-2)19-13-16(20)10-7-11-16/h20H,3-13H2,1-2H3,(H2,17,18,19). The number of aliphatic imine (C=N–C) groups is 1. The van der Waals surface area contributed by atoms with Gasteiger partial charge in [-0.2, -0.15) is 0 Å². The minimum Gasteiger partial charge on any atom is -0.388 e. The summed E-state index contributed by atoms with van der Waals surface area (Å²) in [5.74, 6) is 0.868. The lowest BCUT2D eigenvalue weighted by atomic mass is 9.80. The van der Waals surface area contributed by atoms with Crippen LogP contribution in [0.15, 0.2) is 4.99 Å². The van der Waals surface area contributed by atoms with Crippen molar-refractivity contribution in [2.75, 3.05) is 19.6 Å². The monoisotopic (exact) mass is 281 g/mol. The van der Waals surface area contributed by atoms with Crippen LogP contribution in [-0.4, -0.2) is 36.3 Å². The van der Waals surface area contributed by atoms with Gasteiger partial charge in [0.2, 0.25) is 0 Å². The minimum atomic E-state index is -0.494. The van der Waals surface area contributed by atoms with Crippen LogP contribution in [0.3, 0.4) is 0 Å². The first-order valence-electron chi connectivity index (χ1n) is 8.36. The summed E-state index contributed by atoms with van der Waals surface area (Å²) < 4.78 is 0. The maximum absolute atomic E-state index is 10.2. The second-order valence-corrected chi connectivity index (χ2v) is 6.69. The van der Waals surface area contributed by atoms with Crippen molar-refractivity contribution in [1.29, 1.82) is 0 Å². The summed E-state index contributed by atoms with van der Waals surface area (Å²) in [5.41, 5.74) is -0.0677. The van der Waals surface area contributed by atoms with Gasteiger partial charge in [0.1, 0.15) is 0 Å². The molecule has 4 nitrogen and oxygen atoms in total. The SMILES string of the molecule is CCNC(=NCC1(CC)CCCC1)NCC1(O)CCC1. The summed E-state index contributed by atoms with van der Waals surface area (Å²) in [6.07, 6.45) is 9.54. The maximum atomic E-state index is 10.2. The lowest BCUT2D eigenvalue weighted by molar-refractivity contribution is -0.0279. The van der Waals surface area contributed by atoms with Gasteiger partial charge in [0.25, 0.3) is 0 Å². The number of guanidine groups is 1. The highest BCUT2D eigenvalue weighted by molar-refractivity contribution is 5.79. The van der Waals surface area contributed by atoms with Gasteiger partial charge in [-0.25, -0.2) is 0 Å². The smallest absolute Gasteiger partial charge is 0.191 e. The van der Waals surface area contributed by atoms with E-state index in [4.69, 9.17) is 4.99 Å². The Morgan fingerprint density at radius 1 is 1.05 bits per heavy atom. The molecule has 2 fully saturated rings. The van der Waals surface area contributed by atoms with E-state index in [-0.39, 0.29) is 0 Å². The maximum Gasteiger partial charge on any atom is 0.191 e. The van der Waals surface area contributed by atoms with Crippen molar-refractivity contribution in [3.63, 3.8) is 0 Å². The van der Waals surface area contributed by atoms with E-state index in [1.165, 1.54) is 32.1 Å². The molecule has 3 N–H and O–H groups in total. The molecule has 0 aromatic rings. The van der Waals surface area contributed by atoms with Gasteiger partial charge in [-0.1, -0.05) is 19.8 Å². The second-order valence-electron chi connectivity index (χ2n) is 6.69. The molecular formula is C16H31N3O. The average Bonchev–Trinajstić information content (AvgIpc) is 2.89. The molecule has 0 atom stereocenters. The summed E-state index contributed by atoms with van der Waals surface area (Å²) in [5, 5.41) is 16.8. The van der Waals surface area contributed by atoms with Crippen molar-refractivity contribution < 1.29 is 5.11 Å². The van der Waals surface area contributed by atoms with Crippen LogP contribution >= 0.6 is 0 Å². The molecule has 0 aromatic carbocycles. The van der Waals surface area contributed by atoms with Crippen molar-refractivity contribution in [2.45, 2.75) is 70.8 Å². The third-order valence-corrected chi connectivity index (χ3v) is 5.20. The lowest BCUT2D eigenvalue weighted by Gasteiger charge is -2.37. The Hall–Kier alpha value is -0.770. The molecule has 0 bridgehead atoms. The molecule has 2 rings (SSSR count). The van der Waals surface area contributed by atoms with Crippen LogP contribution < -0.4 is 10.6 Å². The first-order chi connectivity index (χ1) is 9.61. The zero-order chi connectivity index (χ0) is 14.5. The Bertz CT molecular complexity index is 331. The summed E-state index contributed by atoms with van der Waals surface area (Å²) in [6, 6.07) is 0. The van der Waals surface area contributed by atoms with Crippen molar-refractivity contribution in [3.8, 4) is 0 Å². The molecule has 20 heavy (non-hydrogen) atoms.